The van der Waals surface area contributed by atoms with Crippen LogP contribution in [0.1, 0.15) is 37.4 Å². The third-order valence-corrected chi connectivity index (χ3v) is 6.79. The van der Waals surface area contributed by atoms with Crippen molar-refractivity contribution in [2.75, 3.05) is 0 Å². The molecule has 0 aromatic heterocycles. The average Bonchev–Trinajstić information content (AvgIpc) is 2.67. The minimum Gasteiger partial charge on any atom is -0.478 e. The summed E-state index contributed by atoms with van der Waals surface area (Å²) in [6.45, 7) is 0. The van der Waals surface area contributed by atoms with E-state index in [1.807, 2.05) is 60.7 Å². The van der Waals surface area contributed by atoms with Gasteiger partial charge in [-0.15, -0.1) is 0 Å². The molecular formula is C21H18O4Si. The largest absolute Gasteiger partial charge is 0.478 e. The summed E-state index contributed by atoms with van der Waals surface area (Å²) in [7, 11) is -1.16. The van der Waals surface area contributed by atoms with Crippen molar-refractivity contribution in [1.82, 2.24) is 0 Å². The molecule has 0 radical (unpaired) electrons. The van der Waals surface area contributed by atoms with E-state index in [1.54, 1.807) is 0 Å². The maximum Gasteiger partial charge on any atom is 0.335 e. The lowest BCUT2D eigenvalue weighted by molar-refractivity contribution is 0.0682. The number of benzene rings is 3. The molecule has 3 aromatic rings. The van der Waals surface area contributed by atoms with Crippen LogP contribution in [-0.2, 0) is 0 Å². The fraction of sp³-hybridized carbons (Fsp3) is 0.0476. The van der Waals surface area contributed by atoms with Gasteiger partial charge >= 0.3 is 11.9 Å². The van der Waals surface area contributed by atoms with Gasteiger partial charge < -0.3 is 10.2 Å². The molecule has 4 nitrogen and oxygen atoms in total. The monoisotopic (exact) mass is 362 g/mol. The van der Waals surface area contributed by atoms with Crippen molar-refractivity contribution in [3.8, 4) is 0 Å². The van der Waals surface area contributed by atoms with E-state index in [2.05, 4.69) is 0 Å². The van der Waals surface area contributed by atoms with Crippen LogP contribution in [0.4, 0.5) is 0 Å². The zero-order valence-electron chi connectivity index (χ0n) is 14.0. The summed E-state index contributed by atoms with van der Waals surface area (Å²) in [6.07, 6.45) is 0. The molecular weight excluding hydrogens is 344 g/mol. The number of hydrogen-bond acceptors (Lipinski definition) is 2. The molecule has 0 amide bonds. The van der Waals surface area contributed by atoms with Gasteiger partial charge in [0.1, 0.15) is 0 Å². The zero-order chi connectivity index (χ0) is 18.5. The van der Waals surface area contributed by atoms with Crippen molar-refractivity contribution in [2.45, 2.75) is 5.54 Å². The summed E-state index contributed by atoms with van der Waals surface area (Å²) >= 11 is 0. The first-order chi connectivity index (χ1) is 12.6. The van der Waals surface area contributed by atoms with Crippen LogP contribution in [-0.4, -0.2) is 31.7 Å². The molecule has 0 aliphatic heterocycles. The van der Waals surface area contributed by atoms with Gasteiger partial charge in [0.15, 0.2) is 0 Å². The molecule has 3 rings (SSSR count). The molecule has 5 heteroatoms. The molecule has 0 spiro atoms. The second-order valence-electron chi connectivity index (χ2n) is 6.06. The van der Waals surface area contributed by atoms with E-state index >= 15 is 0 Å². The van der Waals surface area contributed by atoms with Gasteiger partial charge in [0.05, 0.1) is 20.6 Å². The van der Waals surface area contributed by atoms with Gasteiger partial charge in [-0.1, -0.05) is 65.9 Å². The molecule has 0 aliphatic rings. The van der Waals surface area contributed by atoms with Gasteiger partial charge in [-0.25, -0.2) is 9.59 Å². The molecule has 0 saturated heterocycles. The van der Waals surface area contributed by atoms with Gasteiger partial charge in [0.2, 0.25) is 0 Å². The Bertz CT molecular complexity index is 884. The molecule has 3 aromatic carbocycles. The van der Waals surface area contributed by atoms with E-state index in [4.69, 9.17) is 0 Å². The van der Waals surface area contributed by atoms with Gasteiger partial charge in [-0.2, -0.15) is 0 Å². The van der Waals surface area contributed by atoms with Crippen molar-refractivity contribution in [2.24, 2.45) is 0 Å². The van der Waals surface area contributed by atoms with Crippen molar-refractivity contribution < 1.29 is 19.8 Å². The SMILES string of the molecule is O=C(O)c1ccc(C(=O)O)c([SiH2]C(c2ccccc2)c2ccccc2)c1. The highest BCUT2D eigenvalue weighted by molar-refractivity contribution is 6.57. The molecule has 0 bridgehead atoms. The van der Waals surface area contributed by atoms with Crippen LogP contribution < -0.4 is 5.19 Å². The molecule has 0 aliphatic carbocycles. The molecule has 0 saturated carbocycles. The summed E-state index contributed by atoms with van der Waals surface area (Å²) in [5.41, 5.74) is 2.61. The quantitative estimate of drug-likeness (QED) is 0.661. The van der Waals surface area contributed by atoms with Gasteiger partial charge in [0.25, 0.3) is 0 Å². The highest BCUT2D eigenvalue weighted by atomic mass is 28.2. The Labute approximate surface area is 153 Å². The first-order valence-corrected chi connectivity index (χ1v) is 9.78. The standard InChI is InChI=1S/C21H18O4Si/c22-20(23)16-11-12-17(21(24)25)18(13-16)26-19(14-7-3-1-4-8-14)15-9-5-2-6-10-15/h1-13,19H,26H2,(H,22,23)(H,24,25). The maximum absolute atomic E-state index is 11.6. The topological polar surface area (TPSA) is 74.6 Å². The summed E-state index contributed by atoms with van der Waals surface area (Å²) in [5.74, 6) is -2.07. The summed E-state index contributed by atoms with van der Waals surface area (Å²) in [4.78, 5) is 23.0. The van der Waals surface area contributed by atoms with Gasteiger partial charge in [-0.3, -0.25) is 0 Å². The molecule has 0 unspecified atom stereocenters. The normalized spacial score (nSPS) is 11.1. The predicted octanol–water partition coefficient (Wildman–Crippen LogP) is 2.67. The average molecular weight is 362 g/mol. The Morgan fingerprint density at radius 3 is 1.73 bits per heavy atom. The van der Waals surface area contributed by atoms with Crippen molar-refractivity contribution in [3.05, 3.63) is 101 Å². The van der Waals surface area contributed by atoms with Gasteiger partial charge in [0, 0.05) is 5.54 Å². The number of aromatic carboxylic acids is 2. The third kappa shape index (κ3) is 3.89. The lowest BCUT2D eigenvalue weighted by atomic mass is 10.0. The van der Waals surface area contributed by atoms with E-state index in [0.717, 1.165) is 11.1 Å². The van der Waals surface area contributed by atoms with E-state index in [9.17, 15) is 19.8 Å². The Kier molecular flexibility index (Phi) is 5.29. The summed E-state index contributed by atoms with van der Waals surface area (Å²) < 4.78 is 0. The molecule has 0 atom stereocenters. The first-order valence-electron chi connectivity index (χ1n) is 8.25. The van der Waals surface area contributed by atoms with Crippen LogP contribution in [0.2, 0.25) is 0 Å². The van der Waals surface area contributed by atoms with Gasteiger partial charge in [-0.05, 0) is 29.3 Å². The minimum atomic E-state index is -1.16. The van der Waals surface area contributed by atoms with E-state index in [-0.39, 0.29) is 16.7 Å². The van der Waals surface area contributed by atoms with Crippen molar-refractivity contribution in [1.29, 1.82) is 0 Å². The van der Waals surface area contributed by atoms with Crippen LogP contribution in [0.5, 0.6) is 0 Å². The lowest BCUT2D eigenvalue weighted by Gasteiger charge is -2.19. The summed E-state index contributed by atoms with van der Waals surface area (Å²) in [6, 6.07) is 24.2. The van der Waals surface area contributed by atoms with E-state index in [1.165, 1.54) is 18.2 Å². The number of carbonyl (C=O) groups is 2. The maximum atomic E-state index is 11.6. The number of rotatable bonds is 6. The zero-order valence-corrected chi connectivity index (χ0v) is 15.4. The Balaban J connectivity index is 2.08. The lowest BCUT2D eigenvalue weighted by Crippen LogP contribution is -2.29. The molecule has 130 valence electrons. The number of carboxylic acids is 2. The van der Waals surface area contributed by atoms with Crippen LogP contribution >= 0.6 is 0 Å². The summed E-state index contributed by atoms with van der Waals surface area (Å²) in [5, 5.41) is 19.4. The van der Waals surface area contributed by atoms with Crippen LogP contribution in [0.25, 0.3) is 0 Å². The van der Waals surface area contributed by atoms with Crippen LogP contribution in [0.15, 0.2) is 78.9 Å². The second kappa shape index (κ2) is 7.80. The highest BCUT2D eigenvalue weighted by Gasteiger charge is 2.20. The van der Waals surface area contributed by atoms with E-state index in [0.29, 0.717) is 5.19 Å². The minimum absolute atomic E-state index is 0.0690. The Morgan fingerprint density at radius 1 is 0.731 bits per heavy atom. The second-order valence-corrected chi connectivity index (χ2v) is 8.05. The molecule has 26 heavy (non-hydrogen) atoms. The predicted molar refractivity (Wildman–Crippen MR) is 103 cm³/mol. The fourth-order valence-corrected chi connectivity index (χ4v) is 5.41. The molecule has 0 heterocycles. The fourth-order valence-electron chi connectivity index (χ4n) is 3.12. The molecule has 0 fully saturated rings. The Morgan fingerprint density at radius 2 is 1.27 bits per heavy atom. The third-order valence-electron chi connectivity index (χ3n) is 4.41. The van der Waals surface area contributed by atoms with Crippen molar-refractivity contribution >= 4 is 26.6 Å². The number of carboxylic acid groups (broad SMARTS) is 2. The van der Waals surface area contributed by atoms with E-state index < -0.39 is 21.5 Å². The molecule has 2 N–H and O–H groups in total. The smallest absolute Gasteiger partial charge is 0.335 e. The number of hydrogen-bond donors (Lipinski definition) is 2. The van der Waals surface area contributed by atoms with Crippen LogP contribution in [0, 0.1) is 0 Å². The Hall–Kier alpha value is -3.18. The van der Waals surface area contributed by atoms with Crippen molar-refractivity contribution in [3.63, 3.8) is 0 Å². The highest BCUT2D eigenvalue weighted by Crippen LogP contribution is 2.23. The van der Waals surface area contributed by atoms with Crippen LogP contribution in [0.3, 0.4) is 0 Å². The first kappa shape index (κ1) is 17.6.